The van der Waals surface area contributed by atoms with E-state index in [1.807, 2.05) is 0 Å². The Hall–Kier alpha value is -2.21. The Kier molecular flexibility index (Phi) is 5.04. The van der Waals surface area contributed by atoms with Crippen LogP contribution in [0.2, 0.25) is 0 Å². The normalized spacial score (nSPS) is 12.9. The number of nitrogens with zero attached hydrogens (tertiary/aromatic N) is 3. The third kappa shape index (κ3) is 3.58. The fraction of sp³-hybridized carbons (Fsp3) is 0.308. The van der Waals surface area contributed by atoms with Crippen LogP contribution >= 0.6 is 11.3 Å². The molecule has 0 radical (unpaired) electrons. The minimum atomic E-state index is -6.01. The number of anilines is 1. The molecule has 0 atom stereocenters. The summed E-state index contributed by atoms with van der Waals surface area (Å²) in [5.74, 6) is 0. The molecule has 0 aromatic carbocycles. The lowest BCUT2D eigenvalue weighted by atomic mass is 10.0. The molecule has 0 unspecified atom stereocenters. The van der Waals surface area contributed by atoms with Crippen molar-refractivity contribution in [3.05, 3.63) is 41.2 Å². The summed E-state index contributed by atoms with van der Waals surface area (Å²) in [6.45, 7) is -0.143. The molecule has 136 valence electrons. The van der Waals surface area contributed by atoms with Crippen molar-refractivity contribution in [1.29, 1.82) is 0 Å². The smallest absolute Gasteiger partial charge is 0.369 e. The standard InChI is InChI=1S/C13H9F6N3O2S/c14-12(15,16)11(24,13(17,18)19)9-5-21-10(25-9)22(7-23)6-8-1-3-20-4-2-8/h1-5,7,24H,6H2. The molecule has 1 amide bonds. The highest BCUT2D eigenvalue weighted by molar-refractivity contribution is 7.15. The van der Waals surface area contributed by atoms with Gasteiger partial charge in [0.25, 0.3) is 5.60 Å². The molecule has 1 N–H and O–H groups in total. The van der Waals surface area contributed by atoms with Crippen LogP contribution in [-0.4, -0.2) is 33.8 Å². The summed E-state index contributed by atoms with van der Waals surface area (Å²) >= 11 is -0.0766. The maximum atomic E-state index is 12.8. The van der Waals surface area contributed by atoms with Gasteiger partial charge in [-0.3, -0.25) is 14.7 Å². The molecular weight excluding hydrogens is 376 g/mol. The summed E-state index contributed by atoms with van der Waals surface area (Å²) < 4.78 is 77.1. The van der Waals surface area contributed by atoms with E-state index in [9.17, 15) is 36.2 Å². The van der Waals surface area contributed by atoms with Gasteiger partial charge in [-0.1, -0.05) is 11.3 Å². The predicted octanol–water partition coefficient (Wildman–Crippen LogP) is 3.01. The van der Waals surface area contributed by atoms with Gasteiger partial charge in [-0.2, -0.15) is 26.3 Å². The van der Waals surface area contributed by atoms with Gasteiger partial charge in [0, 0.05) is 18.6 Å². The first-order valence-electron chi connectivity index (χ1n) is 6.43. The van der Waals surface area contributed by atoms with E-state index in [4.69, 9.17) is 0 Å². The number of halogens is 6. The van der Waals surface area contributed by atoms with Crippen molar-refractivity contribution in [2.75, 3.05) is 4.90 Å². The summed E-state index contributed by atoms with van der Waals surface area (Å²) in [6.07, 6.45) is -8.75. The maximum Gasteiger partial charge on any atom is 0.431 e. The lowest BCUT2D eigenvalue weighted by molar-refractivity contribution is -0.375. The van der Waals surface area contributed by atoms with Gasteiger partial charge in [0.15, 0.2) is 5.13 Å². The number of aromatic nitrogens is 2. The number of thiazole rings is 1. The van der Waals surface area contributed by atoms with E-state index >= 15 is 0 Å². The minimum absolute atomic E-state index is 0.0766. The second kappa shape index (κ2) is 6.59. The SMILES string of the molecule is O=CN(Cc1ccncc1)c1ncc(C(O)(C(F)(F)F)C(F)(F)F)s1. The third-order valence-electron chi connectivity index (χ3n) is 3.15. The quantitative estimate of drug-likeness (QED) is 0.635. The molecule has 12 heteroatoms. The van der Waals surface area contributed by atoms with E-state index in [1.54, 1.807) is 0 Å². The second-order valence-corrected chi connectivity index (χ2v) is 5.81. The Morgan fingerprint density at radius 2 is 1.68 bits per heavy atom. The first-order valence-corrected chi connectivity index (χ1v) is 7.25. The van der Waals surface area contributed by atoms with Crippen LogP contribution in [0.4, 0.5) is 31.5 Å². The highest BCUT2D eigenvalue weighted by atomic mass is 32.1. The first kappa shape index (κ1) is 19.1. The molecule has 0 saturated heterocycles. The number of rotatable bonds is 5. The Balaban J connectivity index is 2.38. The van der Waals surface area contributed by atoms with Gasteiger partial charge in [-0.05, 0) is 17.7 Å². The predicted molar refractivity (Wildman–Crippen MR) is 74.6 cm³/mol. The topological polar surface area (TPSA) is 66.3 Å². The lowest BCUT2D eigenvalue weighted by Gasteiger charge is -2.30. The van der Waals surface area contributed by atoms with Crippen molar-refractivity contribution in [1.82, 2.24) is 9.97 Å². The van der Waals surface area contributed by atoms with Crippen LogP contribution in [0.1, 0.15) is 10.4 Å². The maximum absolute atomic E-state index is 12.8. The number of amides is 1. The number of carbonyl (C=O) groups is 1. The summed E-state index contributed by atoms with van der Waals surface area (Å²) in [7, 11) is 0. The van der Waals surface area contributed by atoms with Crippen molar-refractivity contribution in [3.63, 3.8) is 0 Å². The summed E-state index contributed by atoms with van der Waals surface area (Å²) in [5, 5.41) is 8.90. The monoisotopic (exact) mass is 385 g/mol. The molecule has 25 heavy (non-hydrogen) atoms. The van der Waals surface area contributed by atoms with Gasteiger partial charge in [-0.15, -0.1) is 0 Å². The van der Waals surface area contributed by atoms with Crippen LogP contribution in [0.25, 0.3) is 0 Å². The van der Waals surface area contributed by atoms with Crippen LogP contribution in [0.15, 0.2) is 30.7 Å². The zero-order valence-corrected chi connectivity index (χ0v) is 12.9. The lowest BCUT2D eigenvalue weighted by Crippen LogP contribution is -2.53. The van der Waals surface area contributed by atoms with Crippen molar-refractivity contribution < 1.29 is 36.2 Å². The first-order chi connectivity index (χ1) is 11.5. The molecule has 0 bridgehead atoms. The Bertz CT molecular complexity index is 717. The average molecular weight is 385 g/mol. The Labute approximate surface area is 140 Å². The summed E-state index contributed by atoms with van der Waals surface area (Å²) in [5.41, 5.74) is -4.54. The number of aliphatic hydroxyl groups is 1. The number of hydrogen-bond donors (Lipinski definition) is 1. The van der Waals surface area contributed by atoms with Crippen LogP contribution < -0.4 is 4.90 Å². The third-order valence-corrected chi connectivity index (χ3v) is 4.29. The summed E-state index contributed by atoms with van der Waals surface area (Å²) in [6, 6.07) is 3.01. The Morgan fingerprint density at radius 3 is 2.16 bits per heavy atom. The molecule has 0 spiro atoms. The van der Waals surface area contributed by atoms with E-state index < -0.39 is 28.0 Å². The van der Waals surface area contributed by atoms with E-state index in [0.717, 1.165) is 4.90 Å². The summed E-state index contributed by atoms with van der Waals surface area (Å²) in [4.78, 5) is 17.6. The molecule has 5 nitrogen and oxygen atoms in total. The highest BCUT2D eigenvalue weighted by Crippen LogP contribution is 2.52. The van der Waals surface area contributed by atoms with Crippen molar-refractivity contribution in [3.8, 4) is 0 Å². The van der Waals surface area contributed by atoms with Crippen LogP contribution in [-0.2, 0) is 16.9 Å². The molecule has 2 heterocycles. The van der Waals surface area contributed by atoms with Crippen LogP contribution in [0.3, 0.4) is 0 Å². The molecule has 0 aliphatic carbocycles. The molecular formula is C13H9F6N3O2S. The number of alkyl halides is 6. The molecule has 2 aromatic rings. The van der Waals surface area contributed by atoms with Gasteiger partial charge >= 0.3 is 12.4 Å². The van der Waals surface area contributed by atoms with Gasteiger partial charge < -0.3 is 5.11 Å². The second-order valence-electron chi connectivity index (χ2n) is 4.80. The highest BCUT2D eigenvalue weighted by Gasteiger charge is 2.72. The Morgan fingerprint density at radius 1 is 1.12 bits per heavy atom. The van der Waals surface area contributed by atoms with Gasteiger partial charge in [0.05, 0.1) is 11.4 Å². The molecule has 2 rings (SSSR count). The fourth-order valence-electron chi connectivity index (χ4n) is 1.84. The van der Waals surface area contributed by atoms with Crippen molar-refractivity contribution in [2.24, 2.45) is 0 Å². The molecule has 0 aliphatic rings. The van der Waals surface area contributed by atoms with E-state index in [1.165, 1.54) is 24.5 Å². The molecule has 2 aromatic heterocycles. The number of hydrogen-bond acceptors (Lipinski definition) is 5. The molecule has 0 aliphatic heterocycles. The molecule has 0 fully saturated rings. The van der Waals surface area contributed by atoms with Gasteiger partial charge in [0.1, 0.15) is 0 Å². The van der Waals surface area contributed by atoms with Crippen LogP contribution in [0.5, 0.6) is 0 Å². The zero-order valence-electron chi connectivity index (χ0n) is 12.0. The van der Waals surface area contributed by atoms with E-state index in [2.05, 4.69) is 9.97 Å². The van der Waals surface area contributed by atoms with E-state index in [-0.39, 0.29) is 30.5 Å². The fourth-order valence-corrected chi connectivity index (χ4v) is 2.85. The number of pyridine rings is 1. The van der Waals surface area contributed by atoms with Gasteiger partial charge in [0.2, 0.25) is 6.41 Å². The van der Waals surface area contributed by atoms with Gasteiger partial charge in [-0.25, -0.2) is 4.98 Å². The van der Waals surface area contributed by atoms with Crippen molar-refractivity contribution in [2.45, 2.75) is 24.5 Å². The molecule has 0 saturated carbocycles. The zero-order chi connectivity index (χ0) is 18.9. The van der Waals surface area contributed by atoms with Crippen molar-refractivity contribution >= 4 is 22.9 Å². The van der Waals surface area contributed by atoms with E-state index in [0.29, 0.717) is 5.56 Å². The number of carbonyl (C=O) groups excluding carboxylic acids is 1. The largest absolute Gasteiger partial charge is 0.431 e. The van der Waals surface area contributed by atoms with Crippen LogP contribution in [0, 0.1) is 0 Å². The minimum Gasteiger partial charge on any atom is -0.369 e. The average Bonchev–Trinajstić information content (AvgIpc) is 3.00.